The van der Waals surface area contributed by atoms with Crippen molar-refractivity contribution in [1.82, 2.24) is 14.3 Å². The third-order valence-electron chi connectivity index (χ3n) is 4.26. The van der Waals surface area contributed by atoms with E-state index in [2.05, 4.69) is 9.97 Å². The predicted molar refractivity (Wildman–Crippen MR) is 102 cm³/mol. The van der Waals surface area contributed by atoms with Crippen LogP contribution in [0.25, 0.3) is 0 Å². The van der Waals surface area contributed by atoms with E-state index in [0.29, 0.717) is 41.7 Å². The van der Waals surface area contributed by atoms with Crippen molar-refractivity contribution in [3.63, 3.8) is 0 Å². The van der Waals surface area contributed by atoms with E-state index in [1.54, 1.807) is 6.92 Å². The Balaban J connectivity index is 1.80. The Labute approximate surface area is 168 Å². The minimum absolute atomic E-state index is 0.0490. The number of hydrogen-bond donors (Lipinski definition) is 0. The van der Waals surface area contributed by atoms with E-state index < -0.39 is 10.0 Å². The SMILES string of the molecule is COc1cncc(OC2CCCN(S(=O)(=O)c3cc(C)c(Cl)cc3Cl)C2)n1. The molecule has 0 aliphatic carbocycles. The molecule has 0 bridgehead atoms. The average molecular weight is 432 g/mol. The molecule has 1 aromatic carbocycles. The first-order valence-corrected chi connectivity index (χ1v) is 10.5. The molecule has 1 atom stereocenters. The molecular weight excluding hydrogens is 413 g/mol. The second-order valence-electron chi connectivity index (χ2n) is 6.18. The molecule has 146 valence electrons. The van der Waals surface area contributed by atoms with Gasteiger partial charge in [0.05, 0.1) is 31.1 Å². The minimum atomic E-state index is -3.77. The molecule has 0 amide bonds. The number of halogens is 2. The molecule has 1 aliphatic heterocycles. The molecular formula is C17H19Cl2N3O4S. The molecule has 1 saturated heterocycles. The van der Waals surface area contributed by atoms with Gasteiger partial charge in [0.15, 0.2) is 0 Å². The van der Waals surface area contributed by atoms with Crippen molar-refractivity contribution in [3.8, 4) is 11.8 Å². The van der Waals surface area contributed by atoms with Crippen LogP contribution in [-0.2, 0) is 10.0 Å². The van der Waals surface area contributed by atoms with Crippen LogP contribution in [0.3, 0.4) is 0 Å². The summed E-state index contributed by atoms with van der Waals surface area (Å²) in [6.07, 6.45) is 3.95. The van der Waals surface area contributed by atoms with Crippen LogP contribution in [0.1, 0.15) is 18.4 Å². The number of piperidine rings is 1. The van der Waals surface area contributed by atoms with Crippen LogP contribution in [0.5, 0.6) is 11.8 Å². The molecule has 0 saturated carbocycles. The summed E-state index contributed by atoms with van der Waals surface area (Å²) in [5.74, 6) is 0.621. The highest BCUT2D eigenvalue weighted by Crippen LogP contribution is 2.31. The van der Waals surface area contributed by atoms with E-state index in [9.17, 15) is 8.42 Å². The Morgan fingerprint density at radius 2 is 1.93 bits per heavy atom. The van der Waals surface area contributed by atoms with Gasteiger partial charge in [-0.05, 0) is 37.5 Å². The molecule has 2 aromatic rings. The second-order valence-corrected chi connectivity index (χ2v) is 8.90. The average Bonchev–Trinajstić information content (AvgIpc) is 2.65. The molecule has 0 radical (unpaired) electrons. The van der Waals surface area contributed by atoms with Gasteiger partial charge in [-0.3, -0.25) is 4.98 Å². The number of aromatic nitrogens is 2. The van der Waals surface area contributed by atoms with Crippen LogP contribution >= 0.6 is 23.2 Å². The maximum Gasteiger partial charge on any atom is 0.244 e. The Morgan fingerprint density at radius 3 is 2.67 bits per heavy atom. The monoisotopic (exact) mass is 431 g/mol. The maximum absolute atomic E-state index is 13.1. The van der Waals surface area contributed by atoms with E-state index in [4.69, 9.17) is 32.7 Å². The molecule has 3 rings (SSSR count). The summed E-state index contributed by atoms with van der Waals surface area (Å²) in [5, 5.41) is 0.530. The third-order valence-corrected chi connectivity index (χ3v) is 7.00. The summed E-state index contributed by atoms with van der Waals surface area (Å²) in [5.41, 5.74) is 0.649. The highest BCUT2D eigenvalue weighted by Gasteiger charge is 2.33. The molecule has 7 nitrogen and oxygen atoms in total. The van der Waals surface area contributed by atoms with Crippen molar-refractivity contribution in [2.75, 3.05) is 20.2 Å². The molecule has 1 aromatic heterocycles. The van der Waals surface area contributed by atoms with Crippen molar-refractivity contribution in [2.45, 2.75) is 30.8 Å². The summed E-state index contributed by atoms with van der Waals surface area (Å²) in [6, 6.07) is 2.95. The zero-order valence-corrected chi connectivity index (χ0v) is 17.2. The summed E-state index contributed by atoms with van der Waals surface area (Å²) >= 11 is 12.2. The van der Waals surface area contributed by atoms with Crippen molar-refractivity contribution in [3.05, 3.63) is 40.1 Å². The van der Waals surface area contributed by atoms with Gasteiger partial charge in [-0.2, -0.15) is 9.29 Å². The Bertz CT molecular complexity index is 940. The Morgan fingerprint density at radius 1 is 1.19 bits per heavy atom. The fourth-order valence-corrected chi connectivity index (χ4v) is 5.16. The zero-order chi connectivity index (χ0) is 19.6. The van der Waals surface area contributed by atoms with Gasteiger partial charge in [0.1, 0.15) is 11.0 Å². The van der Waals surface area contributed by atoms with Gasteiger partial charge in [-0.1, -0.05) is 23.2 Å². The first-order valence-electron chi connectivity index (χ1n) is 8.29. The van der Waals surface area contributed by atoms with Gasteiger partial charge in [0, 0.05) is 11.6 Å². The lowest BCUT2D eigenvalue weighted by atomic mass is 10.1. The summed E-state index contributed by atoms with van der Waals surface area (Å²) < 4.78 is 38.4. The molecule has 10 heteroatoms. The van der Waals surface area contributed by atoms with Gasteiger partial charge in [-0.15, -0.1) is 0 Å². The molecule has 2 heterocycles. The summed E-state index contributed by atoms with van der Waals surface area (Å²) in [7, 11) is -2.28. The predicted octanol–water partition coefficient (Wildman–Crippen LogP) is 3.33. The van der Waals surface area contributed by atoms with Crippen LogP contribution in [0, 0.1) is 6.92 Å². The molecule has 0 spiro atoms. The number of rotatable bonds is 5. The lowest BCUT2D eigenvalue weighted by Gasteiger charge is -2.32. The van der Waals surface area contributed by atoms with Gasteiger partial charge in [0.25, 0.3) is 0 Å². The number of ether oxygens (including phenoxy) is 2. The molecule has 1 aliphatic rings. The normalized spacial score (nSPS) is 18.3. The van der Waals surface area contributed by atoms with Crippen molar-refractivity contribution in [2.24, 2.45) is 0 Å². The number of methoxy groups -OCH3 is 1. The number of benzene rings is 1. The Kier molecular flexibility index (Phi) is 6.10. The Hall–Kier alpha value is -1.61. The van der Waals surface area contributed by atoms with Crippen molar-refractivity contribution < 1.29 is 17.9 Å². The van der Waals surface area contributed by atoms with Gasteiger partial charge in [0.2, 0.25) is 21.8 Å². The van der Waals surface area contributed by atoms with Crippen LogP contribution in [0.2, 0.25) is 10.0 Å². The number of nitrogens with zero attached hydrogens (tertiary/aromatic N) is 3. The van der Waals surface area contributed by atoms with Gasteiger partial charge >= 0.3 is 0 Å². The maximum atomic E-state index is 13.1. The van der Waals surface area contributed by atoms with E-state index in [0.717, 1.165) is 0 Å². The van der Waals surface area contributed by atoms with Gasteiger partial charge in [-0.25, -0.2) is 8.42 Å². The lowest BCUT2D eigenvalue weighted by molar-refractivity contribution is 0.123. The van der Waals surface area contributed by atoms with E-state index in [1.165, 1.54) is 35.9 Å². The largest absolute Gasteiger partial charge is 0.480 e. The van der Waals surface area contributed by atoms with Crippen molar-refractivity contribution in [1.29, 1.82) is 0 Å². The standard InChI is InChI=1S/C17H19Cl2N3O4S/c1-11-6-15(14(19)7-13(11)18)27(23,24)22-5-3-4-12(10-22)26-17-9-20-8-16(21-17)25-2/h6-9,12H,3-5,10H2,1-2H3. The van der Waals surface area contributed by atoms with Crippen LogP contribution in [0.4, 0.5) is 0 Å². The third kappa shape index (κ3) is 4.45. The summed E-state index contributed by atoms with van der Waals surface area (Å²) in [6.45, 7) is 2.32. The summed E-state index contributed by atoms with van der Waals surface area (Å²) in [4.78, 5) is 8.20. The van der Waals surface area contributed by atoms with E-state index in [1.807, 2.05) is 0 Å². The highest BCUT2D eigenvalue weighted by molar-refractivity contribution is 7.89. The first kappa shape index (κ1) is 20.1. The molecule has 27 heavy (non-hydrogen) atoms. The molecule has 1 fully saturated rings. The van der Waals surface area contributed by atoms with E-state index >= 15 is 0 Å². The van der Waals surface area contributed by atoms with Crippen molar-refractivity contribution >= 4 is 33.2 Å². The first-order chi connectivity index (χ1) is 12.8. The molecule has 1 unspecified atom stereocenters. The van der Waals surface area contributed by atoms with Crippen LogP contribution < -0.4 is 9.47 Å². The topological polar surface area (TPSA) is 81.6 Å². The fourth-order valence-electron chi connectivity index (χ4n) is 2.84. The minimum Gasteiger partial charge on any atom is -0.480 e. The fraction of sp³-hybridized carbons (Fsp3) is 0.412. The number of aryl methyl sites for hydroxylation is 1. The number of sulfonamides is 1. The highest BCUT2D eigenvalue weighted by atomic mass is 35.5. The van der Waals surface area contributed by atoms with Gasteiger partial charge < -0.3 is 9.47 Å². The zero-order valence-electron chi connectivity index (χ0n) is 14.9. The van der Waals surface area contributed by atoms with E-state index in [-0.39, 0.29) is 22.6 Å². The number of hydrogen-bond acceptors (Lipinski definition) is 6. The van der Waals surface area contributed by atoms with Crippen LogP contribution in [0.15, 0.2) is 29.4 Å². The molecule has 0 N–H and O–H groups in total. The lowest BCUT2D eigenvalue weighted by Crippen LogP contribution is -2.44. The quantitative estimate of drug-likeness (QED) is 0.721. The smallest absolute Gasteiger partial charge is 0.244 e. The van der Waals surface area contributed by atoms with Crippen LogP contribution in [-0.4, -0.2) is 49.0 Å². The second kappa shape index (κ2) is 8.18.